The van der Waals surface area contributed by atoms with E-state index >= 15 is 0 Å². The third-order valence-corrected chi connectivity index (χ3v) is 3.68. The van der Waals surface area contributed by atoms with Gasteiger partial charge in [-0.05, 0) is 19.1 Å². The van der Waals surface area contributed by atoms with Crippen LogP contribution in [0.2, 0.25) is 15.1 Å². The first-order valence-electron chi connectivity index (χ1n) is 4.76. The topological polar surface area (TPSA) is 63.6 Å². The van der Waals surface area contributed by atoms with E-state index in [1.165, 1.54) is 11.3 Å². The van der Waals surface area contributed by atoms with Crippen LogP contribution in [0.25, 0.3) is 0 Å². The second-order valence-electron chi connectivity index (χ2n) is 3.36. The number of thiazole rings is 1. The zero-order valence-electron chi connectivity index (χ0n) is 9.52. The summed E-state index contributed by atoms with van der Waals surface area (Å²) in [5.74, 6) is 0. The van der Waals surface area contributed by atoms with Crippen molar-refractivity contribution in [2.24, 2.45) is 10.2 Å². The van der Waals surface area contributed by atoms with Crippen LogP contribution in [0.5, 0.6) is 0 Å². The summed E-state index contributed by atoms with van der Waals surface area (Å²) in [6.07, 6.45) is 0. The van der Waals surface area contributed by atoms with Crippen molar-refractivity contribution in [2.45, 2.75) is 6.92 Å². The van der Waals surface area contributed by atoms with Gasteiger partial charge in [-0.15, -0.1) is 27.2 Å². The predicted octanol–water partition coefficient (Wildman–Crippen LogP) is 5.99. The third kappa shape index (κ3) is 4.03. The molecular weight excluding hydrogens is 394 g/mol. The zero-order chi connectivity index (χ0) is 13.3. The van der Waals surface area contributed by atoms with Gasteiger partial charge in [0.2, 0.25) is 0 Å². The highest BCUT2D eigenvalue weighted by Gasteiger charge is 2.08. The average molecular weight is 403 g/mol. The highest BCUT2D eigenvalue weighted by atomic mass is 79.9. The molecule has 0 aliphatic heterocycles. The maximum absolute atomic E-state index is 5.99. The van der Waals surface area contributed by atoms with Crippen LogP contribution in [0.4, 0.5) is 15.8 Å². The Hall–Kier alpha value is -0.400. The van der Waals surface area contributed by atoms with E-state index in [0.717, 1.165) is 0 Å². The summed E-state index contributed by atoms with van der Waals surface area (Å²) in [5.41, 5.74) is 6.64. The number of hydrogen-bond donors (Lipinski definition) is 1. The van der Waals surface area contributed by atoms with Crippen LogP contribution in [-0.4, -0.2) is 4.98 Å². The van der Waals surface area contributed by atoms with Gasteiger partial charge in [0.1, 0.15) is 5.69 Å². The molecule has 1 heterocycles. The number of nitrogens with two attached hydrogens (primary N) is 1. The van der Waals surface area contributed by atoms with E-state index in [1.807, 2.05) is 0 Å². The number of benzene rings is 1. The Labute approximate surface area is 139 Å². The van der Waals surface area contributed by atoms with Crippen molar-refractivity contribution < 1.29 is 0 Å². The van der Waals surface area contributed by atoms with Crippen molar-refractivity contribution in [3.63, 3.8) is 0 Å². The molecule has 0 spiro atoms. The van der Waals surface area contributed by atoms with Gasteiger partial charge in [-0.3, -0.25) is 0 Å². The van der Waals surface area contributed by atoms with E-state index in [0.29, 0.717) is 36.6 Å². The third-order valence-electron chi connectivity index (χ3n) is 2.01. The largest absolute Gasteiger partial charge is 0.375 e. The number of azo groups is 1. The number of halogens is 4. The van der Waals surface area contributed by atoms with E-state index in [-0.39, 0.29) is 17.0 Å². The fourth-order valence-corrected chi connectivity index (χ4v) is 2.78. The lowest BCUT2D eigenvalue weighted by Crippen LogP contribution is -1.80. The lowest BCUT2D eigenvalue weighted by molar-refractivity contribution is 1.19. The average Bonchev–Trinajstić information content (AvgIpc) is 2.55. The molecule has 2 aromatic rings. The van der Waals surface area contributed by atoms with Crippen molar-refractivity contribution in [2.75, 3.05) is 5.73 Å². The monoisotopic (exact) mass is 400 g/mol. The molecule has 0 amide bonds. The molecule has 1 aromatic heterocycles. The summed E-state index contributed by atoms with van der Waals surface area (Å²) in [7, 11) is 0. The zero-order valence-corrected chi connectivity index (χ0v) is 14.3. The number of nitrogen functional groups attached to an aromatic ring is 1. The Morgan fingerprint density at radius 2 is 1.74 bits per heavy atom. The fourth-order valence-electron chi connectivity index (χ4n) is 1.23. The van der Waals surface area contributed by atoms with E-state index in [4.69, 9.17) is 40.5 Å². The molecule has 0 bridgehead atoms. The van der Waals surface area contributed by atoms with Crippen molar-refractivity contribution in [1.82, 2.24) is 4.98 Å². The molecule has 19 heavy (non-hydrogen) atoms. The van der Waals surface area contributed by atoms with Gasteiger partial charge in [-0.1, -0.05) is 46.1 Å². The van der Waals surface area contributed by atoms with E-state index in [1.54, 1.807) is 19.1 Å². The number of nitrogens with zero attached hydrogens (tertiary/aromatic N) is 3. The number of rotatable bonds is 2. The normalized spacial score (nSPS) is 10.7. The molecule has 9 heteroatoms. The molecule has 0 aliphatic carbocycles. The Balaban J connectivity index is 0.00000180. The molecule has 4 nitrogen and oxygen atoms in total. The maximum atomic E-state index is 5.99. The molecule has 2 rings (SSSR count). The quantitative estimate of drug-likeness (QED) is 0.627. The maximum Gasteiger partial charge on any atom is 0.182 e. The highest BCUT2D eigenvalue weighted by Crippen LogP contribution is 2.38. The van der Waals surface area contributed by atoms with Crippen LogP contribution in [0, 0.1) is 6.92 Å². The van der Waals surface area contributed by atoms with Gasteiger partial charge in [-0.2, -0.15) is 0 Å². The van der Waals surface area contributed by atoms with E-state index in [9.17, 15) is 0 Å². The molecule has 1 aromatic carbocycles. The Morgan fingerprint density at radius 1 is 1.16 bits per heavy atom. The van der Waals surface area contributed by atoms with Gasteiger partial charge < -0.3 is 5.73 Å². The van der Waals surface area contributed by atoms with Gasteiger partial charge in [0.05, 0.1) is 15.7 Å². The lowest BCUT2D eigenvalue weighted by atomic mass is 10.3. The second-order valence-corrected chi connectivity index (χ2v) is 5.62. The fraction of sp³-hybridized carbons (Fsp3) is 0.100. The minimum atomic E-state index is 0. The van der Waals surface area contributed by atoms with Crippen LogP contribution in [0.3, 0.4) is 0 Å². The molecule has 102 valence electrons. The molecule has 0 saturated carbocycles. The molecule has 0 radical (unpaired) electrons. The summed E-state index contributed by atoms with van der Waals surface area (Å²) in [6.45, 7) is 1.80. The van der Waals surface area contributed by atoms with Crippen LogP contribution in [0.1, 0.15) is 5.69 Å². The van der Waals surface area contributed by atoms with Crippen molar-refractivity contribution in [3.8, 4) is 0 Å². The molecule has 0 aliphatic rings. The first-order valence-corrected chi connectivity index (χ1v) is 6.71. The summed E-state index contributed by atoms with van der Waals surface area (Å²) in [5, 5.41) is 10.2. The summed E-state index contributed by atoms with van der Waals surface area (Å²) < 4.78 is 0. The van der Waals surface area contributed by atoms with Gasteiger partial charge in [0.15, 0.2) is 10.1 Å². The first-order chi connectivity index (χ1) is 8.47. The second kappa shape index (κ2) is 6.85. The Bertz CT molecular complexity index is 606. The minimum absolute atomic E-state index is 0. The molecule has 0 atom stereocenters. The molecule has 0 fully saturated rings. The standard InChI is InChI=1S/C10H7Cl3N4S.BrH/c1-4-9(18-10(14)15-4)17-16-8-6(12)2-5(11)3-7(8)13;/h2-3H,1H3,(H2,14,15);1H. The molecule has 0 saturated heterocycles. The van der Waals surface area contributed by atoms with E-state index in [2.05, 4.69) is 15.2 Å². The Morgan fingerprint density at radius 3 is 2.21 bits per heavy atom. The van der Waals surface area contributed by atoms with Crippen LogP contribution < -0.4 is 5.73 Å². The summed E-state index contributed by atoms with van der Waals surface area (Å²) in [6, 6.07) is 3.11. The number of anilines is 1. The first kappa shape index (κ1) is 16.7. The van der Waals surface area contributed by atoms with Crippen LogP contribution in [0.15, 0.2) is 22.4 Å². The smallest absolute Gasteiger partial charge is 0.182 e. The van der Waals surface area contributed by atoms with Crippen molar-refractivity contribution in [1.29, 1.82) is 0 Å². The van der Waals surface area contributed by atoms with Gasteiger partial charge >= 0.3 is 0 Å². The minimum Gasteiger partial charge on any atom is -0.375 e. The van der Waals surface area contributed by atoms with Crippen molar-refractivity contribution >= 4 is 78.9 Å². The van der Waals surface area contributed by atoms with Gasteiger partial charge in [0.25, 0.3) is 0 Å². The van der Waals surface area contributed by atoms with E-state index < -0.39 is 0 Å². The Kier molecular flexibility index (Phi) is 6.01. The molecule has 0 unspecified atom stereocenters. The molecule has 2 N–H and O–H groups in total. The summed E-state index contributed by atoms with van der Waals surface area (Å²) >= 11 is 19.0. The predicted molar refractivity (Wildman–Crippen MR) is 87.2 cm³/mol. The van der Waals surface area contributed by atoms with Crippen molar-refractivity contribution in [3.05, 3.63) is 32.9 Å². The van der Waals surface area contributed by atoms with Gasteiger partial charge in [-0.25, -0.2) is 4.98 Å². The lowest BCUT2D eigenvalue weighted by Gasteiger charge is -2.00. The SMILES string of the molecule is Br.Cc1nc(N)sc1N=Nc1c(Cl)cc(Cl)cc1Cl. The number of hydrogen-bond acceptors (Lipinski definition) is 5. The molecular formula is C10H8BrCl3N4S. The van der Waals surface area contributed by atoms with Crippen LogP contribution >= 0.6 is 63.1 Å². The number of aromatic nitrogens is 1. The number of aryl methyl sites for hydroxylation is 1. The summed E-state index contributed by atoms with van der Waals surface area (Å²) in [4.78, 5) is 4.04. The van der Waals surface area contributed by atoms with Crippen LogP contribution in [-0.2, 0) is 0 Å². The highest BCUT2D eigenvalue weighted by molar-refractivity contribution is 8.93. The van der Waals surface area contributed by atoms with Gasteiger partial charge in [0, 0.05) is 5.02 Å².